The van der Waals surface area contributed by atoms with Crippen LogP contribution in [0.3, 0.4) is 0 Å². The number of hydrogen-bond acceptors (Lipinski definition) is 6. The number of anilines is 1. The summed E-state index contributed by atoms with van der Waals surface area (Å²) in [5.41, 5.74) is 3.29. The molecule has 0 aliphatic carbocycles. The summed E-state index contributed by atoms with van der Waals surface area (Å²) < 4.78 is 12.7. The summed E-state index contributed by atoms with van der Waals surface area (Å²) >= 11 is 1.67. The molecule has 0 bridgehead atoms. The third-order valence-corrected chi connectivity index (χ3v) is 5.62. The molecule has 7 nitrogen and oxygen atoms in total. The van der Waals surface area contributed by atoms with E-state index in [0.29, 0.717) is 36.0 Å². The van der Waals surface area contributed by atoms with Crippen LogP contribution in [0.15, 0.2) is 48.0 Å². The van der Waals surface area contributed by atoms with Gasteiger partial charge in [-0.05, 0) is 36.6 Å². The van der Waals surface area contributed by atoms with Crippen LogP contribution in [0.1, 0.15) is 5.69 Å². The van der Waals surface area contributed by atoms with Crippen LogP contribution < -0.4 is 14.8 Å². The number of ether oxygens (including phenoxy) is 2. The van der Waals surface area contributed by atoms with Crippen LogP contribution in [-0.2, 0) is 11.3 Å². The van der Waals surface area contributed by atoms with Gasteiger partial charge in [0.15, 0.2) is 17.1 Å². The van der Waals surface area contributed by atoms with Crippen molar-refractivity contribution in [3.8, 4) is 21.9 Å². The van der Waals surface area contributed by atoms with Crippen molar-refractivity contribution in [2.24, 2.45) is 0 Å². The zero-order valence-electron chi connectivity index (χ0n) is 15.7. The molecule has 29 heavy (non-hydrogen) atoms. The molecule has 0 saturated carbocycles. The van der Waals surface area contributed by atoms with E-state index in [4.69, 9.17) is 9.47 Å². The van der Waals surface area contributed by atoms with E-state index in [2.05, 4.69) is 21.5 Å². The lowest BCUT2D eigenvalue weighted by atomic mass is 10.1. The molecule has 0 radical (unpaired) electrons. The van der Waals surface area contributed by atoms with Crippen molar-refractivity contribution >= 4 is 34.0 Å². The van der Waals surface area contributed by atoms with E-state index >= 15 is 0 Å². The van der Waals surface area contributed by atoms with E-state index in [1.54, 1.807) is 40.4 Å². The number of carbonyl (C=O) groups excluding carboxylic acids is 1. The van der Waals surface area contributed by atoms with Crippen molar-refractivity contribution in [2.75, 3.05) is 18.5 Å². The molecule has 1 aromatic carbocycles. The summed E-state index contributed by atoms with van der Waals surface area (Å²) in [6.07, 6.45) is 1.76. The van der Waals surface area contributed by atoms with Gasteiger partial charge in [0, 0.05) is 28.4 Å². The van der Waals surface area contributed by atoms with Gasteiger partial charge in [0.2, 0.25) is 5.91 Å². The Morgan fingerprint density at radius 1 is 1.21 bits per heavy atom. The molecule has 5 rings (SSSR count). The summed E-state index contributed by atoms with van der Waals surface area (Å²) in [7, 11) is 0. The zero-order chi connectivity index (χ0) is 19.8. The number of carbonyl (C=O) groups is 1. The van der Waals surface area contributed by atoms with Crippen molar-refractivity contribution in [3.63, 3.8) is 0 Å². The lowest BCUT2D eigenvalue weighted by Gasteiger charge is -2.19. The molecule has 1 amide bonds. The number of pyridine rings is 1. The molecule has 1 aliphatic heterocycles. The van der Waals surface area contributed by atoms with E-state index < -0.39 is 0 Å². The predicted molar refractivity (Wildman–Crippen MR) is 112 cm³/mol. The molecule has 0 saturated heterocycles. The number of benzene rings is 1. The molecule has 0 fully saturated rings. The van der Waals surface area contributed by atoms with Gasteiger partial charge >= 0.3 is 0 Å². The molecule has 0 atom stereocenters. The maximum absolute atomic E-state index is 12.6. The molecule has 0 unspecified atom stereocenters. The maximum atomic E-state index is 12.6. The number of hydrogen-bond donors (Lipinski definition) is 1. The smallest absolute Gasteiger partial charge is 0.246 e. The molecular weight excluding hydrogens is 388 g/mol. The molecular formula is C21H18N4O3S. The summed E-state index contributed by atoms with van der Waals surface area (Å²) in [6, 6.07) is 11.4. The molecule has 0 spiro atoms. The average Bonchev–Trinajstić information content (AvgIpc) is 3.37. The summed E-state index contributed by atoms with van der Waals surface area (Å²) in [6.45, 7) is 3.04. The minimum atomic E-state index is -0.186. The average molecular weight is 406 g/mol. The third-order valence-electron chi connectivity index (χ3n) is 4.71. The van der Waals surface area contributed by atoms with Crippen molar-refractivity contribution in [1.82, 2.24) is 14.8 Å². The van der Waals surface area contributed by atoms with Gasteiger partial charge in [-0.15, -0.1) is 11.3 Å². The Hall–Kier alpha value is -3.39. The van der Waals surface area contributed by atoms with Crippen LogP contribution in [0.2, 0.25) is 0 Å². The van der Waals surface area contributed by atoms with E-state index in [1.807, 2.05) is 24.4 Å². The van der Waals surface area contributed by atoms with Gasteiger partial charge in [0.25, 0.3) is 0 Å². The first-order chi connectivity index (χ1) is 14.2. The minimum Gasteiger partial charge on any atom is -0.486 e. The highest BCUT2D eigenvalue weighted by atomic mass is 32.1. The van der Waals surface area contributed by atoms with Gasteiger partial charge < -0.3 is 14.8 Å². The number of nitrogens with one attached hydrogen (secondary N) is 1. The van der Waals surface area contributed by atoms with Gasteiger partial charge in [-0.2, -0.15) is 5.10 Å². The summed E-state index contributed by atoms with van der Waals surface area (Å²) in [4.78, 5) is 18.3. The minimum absolute atomic E-state index is 0.0691. The van der Waals surface area contributed by atoms with E-state index in [9.17, 15) is 4.79 Å². The number of amides is 1. The standard InChI is InChI=1S/C21H18N4O3S/c1-13-20-15(18-3-2-10-29-18)6-7-22-21(20)25(24-13)12-19(26)23-14-4-5-16-17(11-14)28-9-8-27-16/h2-7,10-11H,8-9,12H2,1H3,(H,23,26). The Morgan fingerprint density at radius 3 is 2.90 bits per heavy atom. The first-order valence-electron chi connectivity index (χ1n) is 9.24. The highest BCUT2D eigenvalue weighted by Gasteiger charge is 2.17. The lowest BCUT2D eigenvalue weighted by Crippen LogP contribution is -2.20. The molecule has 3 aromatic heterocycles. The fourth-order valence-corrected chi connectivity index (χ4v) is 4.24. The fraction of sp³-hybridized carbons (Fsp3) is 0.190. The summed E-state index contributed by atoms with van der Waals surface area (Å²) in [5.74, 6) is 1.14. The second-order valence-electron chi connectivity index (χ2n) is 6.68. The molecule has 4 aromatic rings. The van der Waals surface area contributed by atoms with Crippen molar-refractivity contribution in [2.45, 2.75) is 13.5 Å². The number of aromatic nitrogens is 3. The van der Waals surface area contributed by atoms with Crippen LogP contribution in [0.5, 0.6) is 11.5 Å². The van der Waals surface area contributed by atoms with Crippen LogP contribution >= 0.6 is 11.3 Å². The Bertz CT molecular complexity index is 1200. The first kappa shape index (κ1) is 17.7. The van der Waals surface area contributed by atoms with Crippen molar-refractivity contribution < 1.29 is 14.3 Å². The Balaban J connectivity index is 1.40. The number of nitrogens with zero attached hydrogens (tertiary/aromatic N) is 3. The molecule has 1 N–H and O–H groups in total. The van der Waals surface area contributed by atoms with Gasteiger partial charge in [0.1, 0.15) is 19.8 Å². The Morgan fingerprint density at radius 2 is 2.07 bits per heavy atom. The largest absolute Gasteiger partial charge is 0.486 e. The van der Waals surface area contributed by atoms with E-state index in [0.717, 1.165) is 21.5 Å². The molecule has 146 valence electrons. The second kappa shape index (κ2) is 7.21. The van der Waals surface area contributed by atoms with Crippen LogP contribution in [0.25, 0.3) is 21.5 Å². The monoisotopic (exact) mass is 406 g/mol. The number of fused-ring (bicyclic) bond motifs is 2. The molecule has 8 heteroatoms. The number of thiophene rings is 1. The molecule has 1 aliphatic rings. The second-order valence-corrected chi connectivity index (χ2v) is 7.63. The van der Waals surface area contributed by atoms with Gasteiger partial charge in [-0.25, -0.2) is 9.67 Å². The van der Waals surface area contributed by atoms with Crippen molar-refractivity contribution in [3.05, 3.63) is 53.7 Å². The number of rotatable bonds is 4. The highest BCUT2D eigenvalue weighted by Crippen LogP contribution is 2.34. The Kier molecular flexibility index (Phi) is 4.40. The molecule has 4 heterocycles. The Labute approximate surface area is 170 Å². The van der Waals surface area contributed by atoms with E-state index in [-0.39, 0.29) is 12.5 Å². The van der Waals surface area contributed by atoms with E-state index in [1.165, 1.54) is 0 Å². The topological polar surface area (TPSA) is 78.3 Å². The predicted octanol–water partition coefficient (Wildman–Crippen LogP) is 3.88. The lowest BCUT2D eigenvalue weighted by molar-refractivity contribution is -0.116. The SMILES string of the molecule is Cc1nn(CC(=O)Nc2ccc3c(c2)OCCO3)c2nccc(-c3cccs3)c12. The fourth-order valence-electron chi connectivity index (χ4n) is 3.49. The maximum Gasteiger partial charge on any atom is 0.246 e. The highest BCUT2D eigenvalue weighted by molar-refractivity contribution is 7.13. The van der Waals surface area contributed by atoms with Gasteiger partial charge in [-0.1, -0.05) is 6.07 Å². The summed E-state index contributed by atoms with van der Waals surface area (Å²) in [5, 5.41) is 10.5. The normalized spacial score (nSPS) is 12.9. The van der Waals surface area contributed by atoms with Crippen LogP contribution in [-0.4, -0.2) is 33.9 Å². The van der Waals surface area contributed by atoms with Crippen LogP contribution in [0.4, 0.5) is 5.69 Å². The zero-order valence-corrected chi connectivity index (χ0v) is 16.5. The van der Waals surface area contributed by atoms with Gasteiger partial charge in [-0.3, -0.25) is 4.79 Å². The third kappa shape index (κ3) is 3.31. The van der Waals surface area contributed by atoms with Gasteiger partial charge in [0.05, 0.1) is 11.1 Å². The first-order valence-corrected chi connectivity index (χ1v) is 10.1. The number of aryl methyl sites for hydroxylation is 1. The van der Waals surface area contributed by atoms with Crippen molar-refractivity contribution in [1.29, 1.82) is 0 Å². The van der Waals surface area contributed by atoms with Crippen LogP contribution in [0, 0.1) is 6.92 Å². The quantitative estimate of drug-likeness (QED) is 0.557.